The Bertz CT molecular complexity index is 1200. The second-order valence-corrected chi connectivity index (χ2v) is 6.91. The van der Waals surface area contributed by atoms with Crippen LogP contribution in [0.25, 0.3) is 10.8 Å². The maximum atomic E-state index is 12.7. The first-order chi connectivity index (χ1) is 13.7. The van der Waals surface area contributed by atoms with Crippen molar-refractivity contribution in [3.05, 3.63) is 113 Å². The highest BCUT2D eigenvalue weighted by molar-refractivity contribution is 5.96. The van der Waals surface area contributed by atoms with E-state index in [1.54, 1.807) is 7.11 Å². The topological polar surface area (TPSA) is 35.5 Å². The third kappa shape index (κ3) is 2.33. The van der Waals surface area contributed by atoms with Crippen LogP contribution in [0.3, 0.4) is 0 Å². The molecular formula is C25H18O3. The van der Waals surface area contributed by atoms with Crippen LogP contribution >= 0.6 is 0 Å². The normalized spacial score (nSPS) is 18.0. The van der Waals surface area contributed by atoms with E-state index in [1.165, 1.54) is 0 Å². The lowest BCUT2D eigenvalue weighted by atomic mass is 9.79. The second kappa shape index (κ2) is 6.24. The van der Waals surface area contributed by atoms with Gasteiger partial charge in [-0.05, 0) is 35.0 Å². The third-order valence-corrected chi connectivity index (χ3v) is 5.41. The van der Waals surface area contributed by atoms with Gasteiger partial charge in [-0.25, -0.2) is 4.79 Å². The van der Waals surface area contributed by atoms with Crippen molar-refractivity contribution in [3.63, 3.8) is 0 Å². The van der Waals surface area contributed by atoms with Crippen molar-refractivity contribution in [3.8, 4) is 5.75 Å². The lowest BCUT2D eigenvalue weighted by Gasteiger charge is -2.30. The summed E-state index contributed by atoms with van der Waals surface area (Å²) in [5.41, 5.74) is 2.39. The Hall–Kier alpha value is -3.59. The maximum absolute atomic E-state index is 12.7. The zero-order chi connectivity index (χ0) is 19.1. The number of carbonyl (C=O) groups is 1. The standard InChI is InChI=1S/C25H18O3/c1-27-21-14-12-17-15-20(13-11-18(17)16-21)25(19-7-3-2-4-8-19)23-10-6-5-9-22(23)24(26)28-25/h2-16H,1H3/t25-/m1/s1. The molecule has 0 N–H and O–H groups in total. The highest BCUT2D eigenvalue weighted by Crippen LogP contribution is 2.47. The van der Waals surface area contributed by atoms with Gasteiger partial charge < -0.3 is 9.47 Å². The van der Waals surface area contributed by atoms with Gasteiger partial charge in [0.1, 0.15) is 5.75 Å². The van der Waals surface area contributed by atoms with Crippen LogP contribution in [0.2, 0.25) is 0 Å². The number of esters is 1. The van der Waals surface area contributed by atoms with Gasteiger partial charge in [-0.1, -0.05) is 66.7 Å². The van der Waals surface area contributed by atoms with Gasteiger partial charge in [-0.3, -0.25) is 0 Å². The first-order valence-electron chi connectivity index (χ1n) is 9.19. The van der Waals surface area contributed by atoms with Gasteiger partial charge in [-0.2, -0.15) is 0 Å². The molecule has 0 unspecified atom stereocenters. The quantitative estimate of drug-likeness (QED) is 0.461. The van der Waals surface area contributed by atoms with Crippen LogP contribution in [-0.4, -0.2) is 13.1 Å². The molecule has 0 saturated carbocycles. The van der Waals surface area contributed by atoms with E-state index in [0.29, 0.717) is 5.56 Å². The van der Waals surface area contributed by atoms with E-state index in [9.17, 15) is 4.79 Å². The van der Waals surface area contributed by atoms with Crippen molar-refractivity contribution in [2.45, 2.75) is 5.60 Å². The predicted octanol–water partition coefficient (Wildman–Crippen LogP) is 5.31. The number of benzene rings is 4. The van der Waals surface area contributed by atoms with Gasteiger partial charge in [-0.15, -0.1) is 0 Å². The average molecular weight is 366 g/mol. The van der Waals surface area contributed by atoms with Crippen LogP contribution in [0.1, 0.15) is 27.0 Å². The molecule has 136 valence electrons. The molecule has 3 heteroatoms. The molecule has 1 aliphatic rings. The molecule has 0 aliphatic carbocycles. The number of carbonyl (C=O) groups excluding carboxylic acids is 1. The molecule has 0 amide bonds. The highest BCUT2D eigenvalue weighted by Gasteiger charge is 2.48. The Morgan fingerprint density at radius 3 is 2.29 bits per heavy atom. The van der Waals surface area contributed by atoms with E-state index in [4.69, 9.17) is 9.47 Å². The summed E-state index contributed by atoms with van der Waals surface area (Å²) in [7, 11) is 1.66. The Labute approximate surface area is 163 Å². The molecule has 0 fully saturated rings. The zero-order valence-corrected chi connectivity index (χ0v) is 15.4. The Balaban J connectivity index is 1.80. The number of methoxy groups -OCH3 is 1. The minimum Gasteiger partial charge on any atom is -0.497 e. The largest absolute Gasteiger partial charge is 0.497 e. The second-order valence-electron chi connectivity index (χ2n) is 6.91. The Morgan fingerprint density at radius 1 is 0.750 bits per heavy atom. The first kappa shape index (κ1) is 16.6. The van der Waals surface area contributed by atoms with Crippen LogP contribution < -0.4 is 4.74 Å². The van der Waals surface area contributed by atoms with Crippen LogP contribution in [0, 0.1) is 0 Å². The number of rotatable bonds is 3. The Morgan fingerprint density at radius 2 is 1.46 bits per heavy atom. The fraction of sp³-hybridized carbons (Fsp3) is 0.0800. The van der Waals surface area contributed by atoms with Gasteiger partial charge in [0.25, 0.3) is 0 Å². The summed E-state index contributed by atoms with van der Waals surface area (Å²) in [5.74, 6) is 0.518. The maximum Gasteiger partial charge on any atom is 0.340 e. The predicted molar refractivity (Wildman–Crippen MR) is 109 cm³/mol. The number of hydrogen-bond donors (Lipinski definition) is 0. The molecule has 4 aromatic rings. The monoisotopic (exact) mass is 366 g/mol. The van der Waals surface area contributed by atoms with E-state index in [2.05, 4.69) is 6.07 Å². The lowest BCUT2D eigenvalue weighted by Crippen LogP contribution is -2.29. The third-order valence-electron chi connectivity index (χ3n) is 5.41. The number of fused-ring (bicyclic) bond motifs is 2. The van der Waals surface area contributed by atoms with Crippen molar-refractivity contribution < 1.29 is 14.3 Å². The van der Waals surface area contributed by atoms with Crippen molar-refractivity contribution in [2.24, 2.45) is 0 Å². The molecule has 4 aromatic carbocycles. The van der Waals surface area contributed by atoms with Crippen LogP contribution in [0.4, 0.5) is 0 Å². The van der Waals surface area contributed by atoms with Crippen LogP contribution in [0.15, 0.2) is 91.0 Å². The Kier molecular flexibility index (Phi) is 3.69. The van der Waals surface area contributed by atoms with Gasteiger partial charge >= 0.3 is 5.97 Å². The molecule has 0 aromatic heterocycles. The van der Waals surface area contributed by atoms with Gasteiger partial charge in [0.05, 0.1) is 12.7 Å². The molecule has 1 heterocycles. The summed E-state index contributed by atoms with van der Waals surface area (Å²) in [6.45, 7) is 0. The van der Waals surface area contributed by atoms with Crippen LogP contribution in [0.5, 0.6) is 5.75 Å². The first-order valence-corrected chi connectivity index (χ1v) is 9.19. The lowest BCUT2D eigenvalue weighted by molar-refractivity contribution is 0.0252. The van der Waals surface area contributed by atoms with Crippen LogP contribution in [-0.2, 0) is 10.3 Å². The molecule has 0 bridgehead atoms. The zero-order valence-electron chi connectivity index (χ0n) is 15.4. The fourth-order valence-electron chi connectivity index (χ4n) is 4.06. The van der Waals surface area contributed by atoms with E-state index in [0.717, 1.165) is 33.2 Å². The van der Waals surface area contributed by atoms with Gasteiger partial charge in [0.2, 0.25) is 0 Å². The summed E-state index contributed by atoms with van der Waals surface area (Å²) in [4.78, 5) is 12.7. The molecule has 0 radical (unpaired) electrons. The molecule has 3 nitrogen and oxygen atoms in total. The molecule has 0 saturated heterocycles. The van der Waals surface area contributed by atoms with Gasteiger partial charge in [0.15, 0.2) is 5.60 Å². The minimum absolute atomic E-state index is 0.297. The van der Waals surface area contributed by atoms with Crippen molar-refractivity contribution in [1.82, 2.24) is 0 Å². The summed E-state index contributed by atoms with van der Waals surface area (Å²) >= 11 is 0. The average Bonchev–Trinajstić information content (AvgIpc) is 3.07. The highest BCUT2D eigenvalue weighted by atomic mass is 16.6. The van der Waals surface area contributed by atoms with Gasteiger partial charge in [0, 0.05) is 16.7 Å². The van der Waals surface area contributed by atoms with E-state index < -0.39 is 5.60 Å². The van der Waals surface area contributed by atoms with Crippen molar-refractivity contribution >= 4 is 16.7 Å². The van der Waals surface area contributed by atoms with E-state index >= 15 is 0 Å². The van der Waals surface area contributed by atoms with Crippen molar-refractivity contribution in [1.29, 1.82) is 0 Å². The van der Waals surface area contributed by atoms with E-state index in [1.807, 2.05) is 84.9 Å². The van der Waals surface area contributed by atoms with E-state index in [-0.39, 0.29) is 5.97 Å². The molecule has 28 heavy (non-hydrogen) atoms. The number of cyclic esters (lactones) is 1. The fourth-order valence-corrected chi connectivity index (χ4v) is 4.06. The summed E-state index contributed by atoms with van der Waals surface area (Å²) < 4.78 is 11.5. The van der Waals surface area contributed by atoms with Crippen molar-refractivity contribution in [2.75, 3.05) is 7.11 Å². The molecule has 1 atom stereocenters. The summed E-state index contributed by atoms with van der Waals surface area (Å²) in [5, 5.41) is 2.14. The number of hydrogen-bond acceptors (Lipinski definition) is 3. The smallest absolute Gasteiger partial charge is 0.340 e. The molecule has 0 spiro atoms. The minimum atomic E-state index is -0.955. The number of ether oxygens (including phenoxy) is 2. The molecule has 5 rings (SSSR count). The molecular weight excluding hydrogens is 348 g/mol. The molecule has 1 aliphatic heterocycles. The SMILES string of the molecule is COc1ccc2cc([C@@]3(c4ccccc4)OC(=O)c4ccccc43)ccc2c1. The summed E-state index contributed by atoms with van der Waals surface area (Å²) in [6.07, 6.45) is 0. The summed E-state index contributed by atoms with van der Waals surface area (Å²) in [6, 6.07) is 29.7.